The van der Waals surface area contributed by atoms with Gasteiger partial charge in [0.1, 0.15) is 12.2 Å². The standard InChI is InChI=1S/C11H20N4S2/c1-8-11(17-5-4-16-8)9(12-2)6-10-13-7-14-15(10)3/h7-9,11-12H,4-6H2,1-3H3. The van der Waals surface area contributed by atoms with Gasteiger partial charge in [-0.2, -0.15) is 28.6 Å². The van der Waals surface area contributed by atoms with Gasteiger partial charge in [0.25, 0.3) is 0 Å². The molecule has 96 valence electrons. The lowest BCUT2D eigenvalue weighted by atomic mass is 10.1. The van der Waals surface area contributed by atoms with Crippen molar-refractivity contribution in [3.8, 4) is 0 Å². The van der Waals surface area contributed by atoms with Crippen LogP contribution in [0.3, 0.4) is 0 Å². The second-order valence-electron chi connectivity index (χ2n) is 4.31. The van der Waals surface area contributed by atoms with Crippen molar-refractivity contribution in [2.75, 3.05) is 18.6 Å². The van der Waals surface area contributed by atoms with E-state index in [1.807, 2.05) is 18.8 Å². The predicted octanol–water partition coefficient (Wildman–Crippen LogP) is 1.18. The minimum Gasteiger partial charge on any atom is -0.315 e. The van der Waals surface area contributed by atoms with Crippen LogP contribution in [0.15, 0.2) is 6.33 Å². The molecule has 6 heteroatoms. The van der Waals surface area contributed by atoms with Crippen molar-refractivity contribution in [1.82, 2.24) is 20.1 Å². The Morgan fingerprint density at radius 3 is 2.88 bits per heavy atom. The fraction of sp³-hybridized carbons (Fsp3) is 0.818. The monoisotopic (exact) mass is 272 g/mol. The van der Waals surface area contributed by atoms with Crippen LogP contribution < -0.4 is 5.32 Å². The maximum absolute atomic E-state index is 4.32. The van der Waals surface area contributed by atoms with Crippen LogP contribution in [-0.4, -0.2) is 49.9 Å². The lowest BCUT2D eigenvalue weighted by molar-refractivity contribution is 0.507. The Kier molecular flexibility index (Phi) is 4.76. The second-order valence-corrected chi connectivity index (χ2v) is 7.08. The van der Waals surface area contributed by atoms with E-state index in [0.29, 0.717) is 16.5 Å². The van der Waals surface area contributed by atoms with Crippen LogP contribution in [-0.2, 0) is 13.5 Å². The van der Waals surface area contributed by atoms with E-state index in [1.165, 1.54) is 11.5 Å². The third-order valence-corrected chi connectivity index (χ3v) is 6.46. The van der Waals surface area contributed by atoms with E-state index < -0.39 is 0 Å². The Morgan fingerprint density at radius 2 is 2.29 bits per heavy atom. The molecule has 0 aromatic carbocycles. The number of hydrogen-bond acceptors (Lipinski definition) is 5. The summed E-state index contributed by atoms with van der Waals surface area (Å²) in [4.78, 5) is 4.32. The molecule has 3 unspecified atom stereocenters. The summed E-state index contributed by atoms with van der Waals surface area (Å²) in [7, 11) is 4.01. The van der Waals surface area contributed by atoms with Crippen LogP contribution in [0.5, 0.6) is 0 Å². The maximum Gasteiger partial charge on any atom is 0.138 e. The van der Waals surface area contributed by atoms with Crippen LogP contribution in [0.4, 0.5) is 0 Å². The summed E-state index contributed by atoms with van der Waals surface area (Å²) >= 11 is 4.17. The predicted molar refractivity (Wildman–Crippen MR) is 75.7 cm³/mol. The van der Waals surface area contributed by atoms with Crippen molar-refractivity contribution in [3.63, 3.8) is 0 Å². The van der Waals surface area contributed by atoms with Crippen LogP contribution in [0, 0.1) is 0 Å². The normalized spacial score (nSPS) is 27.0. The molecule has 1 fully saturated rings. The summed E-state index contributed by atoms with van der Waals surface area (Å²) in [5.74, 6) is 3.60. The van der Waals surface area contributed by atoms with E-state index >= 15 is 0 Å². The fourth-order valence-electron chi connectivity index (χ4n) is 2.18. The zero-order valence-corrected chi connectivity index (χ0v) is 12.2. The molecule has 1 aromatic rings. The SMILES string of the molecule is CNC(Cc1ncnn1C)C1SCCSC1C. The Balaban J connectivity index is 2.03. The number of likely N-dealkylation sites (N-methyl/N-ethyl adjacent to an activating group) is 1. The molecule has 1 aromatic heterocycles. The molecule has 0 spiro atoms. The Bertz CT molecular complexity index is 355. The molecule has 3 atom stereocenters. The summed E-state index contributed by atoms with van der Waals surface area (Å²) in [6.45, 7) is 2.34. The first-order valence-electron chi connectivity index (χ1n) is 5.95. The number of nitrogens with one attached hydrogen (secondary N) is 1. The molecule has 0 saturated carbocycles. The van der Waals surface area contributed by atoms with Crippen molar-refractivity contribution < 1.29 is 0 Å². The number of nitrogens with zero attached hydrogens (tertiary/aromatic N) is 3. The summed E-state index contributed by atoms with van der Waals surface area (Å²) in [5.41, 5.74) is 0. The van der Waals surface area contributed by atoms with Gasteiger partial charge in [-0.05, 0) is 7.05 Å². The third-order valence-electron chi connectivity index (χ3n) is 3.21. The van der Waals surface area contributed by atoms with Gasteiger partial charge in [-0.3, -0.25) is 4.68 Å². The molecule has 1 saturated heterocycles. The first-order chi connectivity index (χ1) is 8.22. The van der Waals surface area contributed by atoms with Crippen molar-refractivity contribution in [1.29, 1.82) is 0 Å². The molecule has 1 aliphatic heterocycles. The number of hydrogen-bond donors (Lipinski definition) is 1. The zero-order chi connectivity index (χ0) is 12.3. The van der Waals surface area contributed by atoms with Gasteiger partial charge in [0.15, 0.2) is 0 Å². The summed E-state index contributed by atoms with van der Waals surface area (Å²) in [5, 5.41) is 8.96. The average Bonchev–Trinajstić information content (AvgIpc) is 2.73. The summed E-state index contributed by atoms with van der Waals surface area (Å²) in [6, 6.07) is 0.478. The smallest absolute Gasteiger partial charge is 0.138 e. The van der Waals surface area contributed by atoms with E-state index in [2.05, 4.69) is 45.8 Å². The molecule has 0 bridgehead atoms. The Hall–Kier alpha value is -0.200. The fourth-order valence-corrected chi connectivity index (χ4v) is 5.18. The average molecular weight is 272 g/mol. The molecule has 0 amide bonds. The van der Waals surface area contributed by atoms with Crippen LogP contribution in [0.2, 0.25) is 0 Å². The van der Waals surface area contributed by atoms with Crippen molar-refractivity contribution >= 4 is 23.5 Å². The number of thioether (sulfide) groups is 2. The number of aromatic nitrogens is 3. The minimum atomic E-state index is 0.478. The van der Waals surface area contributed by atoms with E-state index in [4.69, 9.17) is 0 Å². The van der Waals surface area contributed by atoms with E-state index in [-0.39, 0.29) is 0 Å². The summed E-state index contributed by atoms with van der Waals surface area (Å²) in [6.07, 6.45) is 2.59. The quantitative estimate of drug-likeness (QED) is 0.891. The molecule has 0 radical (unpaired) electrons. The first kappa shape index (κ1) is 13.2. The second kappa shape index (κ2) is 6.11. The highest BCUT2D eigenvalue weighted by atomic mass is 32.2. The highest BCUT2D eigenvalue weighted by Crippen LogP contribution is 2.33. The lowest BCUT2D eigenvalue weighted by Gasteiger charge is -2.34. The van der Waals surface area contributed by atoms with Crippen molar-refractivity contribution in [3.05, 3.63) is 12.2 Å². The molecule has 1 N–H and O–H groups in total. The maximum atomic E-state index is 4.32. The topological polar surface area (TPSA) is 42.7 Å². The van der Waals surface area contributed by atoms with Crippen molar-refractivity contribution in [2.24, 2.45) is 7.05 Å². The van der Waals surface area contributed by atoms with Crippen LogP contribution in [0.25, 0.3) is 0 Å². The van der Waals surface area contributed by atoms with Gasteiger partial charge in [-0.15, -0.1) is 0 Å². The van der Waals surface area contributed by atoms with Crippen molar-refractivity contribution in [2.45, 2.75) is 29.9 Å². The van der Waals surface area contributed by atoms with Gasteiger partial charge >= 0.3 is 0 Å². The number of aryl methyl sites for hydroxylation is 1. The molecule has 1 aliphatic rings. The van der Waals surface area contributed by atoms with Gasteiger partial charge < -0.3 is 5.32 Å². The molecule has 2 rings (SSSR count). The van der Waals surface area contributed by atoms with E-state index in [0.717, 1.165) is 12.2 Å². The Labute approximate surface area is 111 Å². The molecule has 0 aliphatic carbocycles. The molecular formula is C11H20N4S2. The molecule has 17 heavy (non-hydrogen) atoms. The summed E-state index contributed by atoms with van der Waals surface area (Å²) < 4.78 is 1.87. The van der Waals surface area contributed by atoms with Gasteiger partial charge in [0.05, 0.1) is 0 Å². The molecular weight excluding hydrogens is 252 g/mol. The van der Waals surface area contributed by atoms with Crippen LogP contribution >= 0.6 is 23.5 Å². The highest BCUT2D eigenvalue weighted by molar-refractivity contribution is 8.07. The highest BCUT2D eigenvalue weighted by Gasteiger charge is 2.30. The number of rotatable bonds is 4. The minimum absolute atomic E-state index is 0.478. The zero-order valence-electron chi connectivity index (χ0n) is 10.6. The Morgan fingerprint density at radius 1 is 1.53 bits per heavy atom. The van der Waals surface area contributed by atoms with E-state index in [9.17, 15) is 0 Å². The largest absolute Gasteiger partial charge is 0.315 e. The van der Waals surface area contributed by atoms with Gasteiger partial charge in [0.2, 0.25) is 0 Å². The molecule has 2 heterocycles. The third kappa shape index (κ3) is 3.17. The van der Waals surface area contributed by atoms with E-state index in [1.54, 1.807) is 6.33 Å². The van der Waals surface area contributed by atoms with Gasteiger partial charge in [-0.1, -0.05) is 6.92 Å². The lowest BCUT2D eigenvalue weighted by Crippen LogP contribution is -2.44. The van der Waals surface area contributed by atoms with Gasteiger partial charge in [0, 0.05) is 41.5 Å². The van der Waals surface area contributed by atoms with Gasteiger partial charge in [-0.25, -0.2) is 4.98 Å². The van der Waals surface area contributed by atoms with Crippen LogP contribution in [0.1, 0.15) is 12.7 Å². The molecule has 4 nitrogen and oxygen atoms in total. The first-order valence-corrected chi connectivity index (χ1v) is 8.05.